The topological polar surface area (TPSA) is 120 Å². The average Bonchev–Trinajstić information content (AvgIpc) is 3.05. The number of imidazole rings is 1. The summed E-state index contributed by atoms with van der Waals surface area (Å²) in [6.45, 7) is 2.12. The number of pyridine rings is 1. The molecule has 1 aromatic carbocycles. The summed E-state index contributed by atoms with van der Waals surface area (Å²) in [7, 11) is -3.72. The van der Waals surface area contributed by atoms with Crippen molar-refractivity contribution in [3.63, 3.8) is 0 Å². The van der Waals surface area contributed by atoms with Crippen LogP contribution >= 0.6 is 0 Å². The zero-order valence-electron chi connectivity index (χ0n) is 14.7. The number of nitro groups is 1. The minimum Gasteiger partial charge on any atom is -0.375 e. The summed E-state index contributed by atoms with van der Waals surface area (Å²) >= 11 is 0. The second kappa shape index (κ2) is 7.16. The molecule has 0 unspecified atom stereocenters. The van der Waals surface area contributed by atoms with E-state index in [1.165, 1.54) is 18.2 Å². The van der Waals surface area contributed by atoms with Gasteiger partial charge in [-0.2, -0.15) is 0 Å². The number of anilines is 1. The second-order valence-electron chi connectivity index (χ2n) is 5.90. The Balaban J connectivity index is 1.83. The third-order valence-electron chi connectivity index (χ3n) is 3.95. The van der Waals surface area contributed by atoms with E-state index in [9.17, 15) is 18.5 Å². The van der Waals surface area contributed by atoms with Crippen LogP contribution < -0.4 is 5.32 Å². The lowest BCUT2D eigenvalue weighted by molar-refractivity contribution is -0.386. The molecule has 2 aromatic heterocycles. The molecule has 0 aliphatic heterocycles. The Morgan fingerprint density at radius 3 is 2.56 bits per heavy atom. The molecule has 0 aliphatic rings. The normalized spacial score (nSPS) is 11.3. The molecule has 0 amide bonds. The molecule has 9 nitrogen and oxygen atoms in total. The number of para-hydroxylation sites is 1. The minimum atomic E-state index is -3.72. The number of hydrogen-bond donors (Lipinski definition) is 1. The molecule has 0 atom stereocenters. The molecule has 0 aliphatic carbocycles. The van der Waals surface area contributed by atoms with E-state index < -0.39 is 20.4 Å². The summed E-state index contributed by atoms with van der Waals surface area (Å²) < 4.78 is 25.5. The highest BCUT2D eigenvalue weighted by molar-refractivity contribution is 7.90. The molecule has 0 radical (unpaired) electrons. The fourth-order valence-electron chi connectivity index (χ4n) is 2.63. The quantitative estimate of drug-likeness (QED) is 0.509. The molecule has 0 bridgehead atoms. The standard InChI is InChI=1S/C17H17N5O4S/c1-12-18-8-9-21(12)16-7-6-13(11-20-16)10-19-14-4-3-5-15(27(2,25)26)17(14)22(23)24/h3-9,11,19H,10H2,1-2H3. The second-order valence-corrected chi connectivity index (χ2v) is 7.89. The van der Waals surface area contributed by atoms with Gasteiger partial charge in [-0.15, -0.1) is 0 Å². The summed E-state index contributed by atoms with van der Waals surface area (Å²) in [5.41, 5.74) is 0.464. The van der Waals surface area contributed by atoms with Gasteiger partial charge in [0.05, 0.1) is 4.92 Å². The number of sulfone groups is 1. The highest BCUT2D eigenvalue weighted by Crippen LogP contribution is 2.32. The smallest absolute Gasteiger partial charge is 0.310 e. The number of nitrogens with one attached hydrogen (secondary N) is 1. The Hall–Kier alpha value is -3.27. The number of hydrogen-bond acceptors (Lipinski definition) is 7. The highest BCUT2D eigenvalue weighted by atomic mass is 32.2. The summed E-state index contributed by atoms with van der Waals surface area (Å²) in [5, 5.41) is 14.3. The van der Waals surface area contributed by atoms with Crippen LogP contribution in [0.15, 0.2) is 53.8 Å². The van der Waals surface area contributed by atoms with Crippen molar-refractivity contribution < 1.29 is 13.3 Å². The van der Waals surface area contributed by atoms with E-state index in [0.29, 0.717) is 5.82 Å². The monoisotopic (exact) mass is 387 g/mol. The first-order valence-electron chi connectivity index (χ1n) is 7.94. The Morgan fingerprint density at radius 2 is 2.00 bits per heavy atom. The van der Waals surface area contributed by atoms with Crippen LogP contribution in [0, 0.1) is 17.0 Å². The Bertz CT molecular complexity index is 1090. The molecule has 140 valence electrons. The van der Waals surface area contributed by atoms with Crippen LogP contribution in [0.4, 0.5) is 11.4 Å². The third kappa shape index (κ3) is 3.95. The van der Waals surface area contributed by atoms with Gasteiger partial charge in [-0.25, -0.2) is 18.4 Å². The van der Waals surface area contributed by atoms with E-state index in [1.807, 2.05) is 23.6 Å². The van der Waals surface area contributed by atoms with Crippen molar-refractivity contribution in [3.05, 3.63) is 70.4 Å². The molecule has 0 saturated carbocycles. The van der Waals surface area contributed by atoms with Gasteiger partial charge in [0.25, 0.3) is 0 Å². The predicted octanol–water partition coefficient (Wildman–Crippen LogP) is 2.50. The van der Waals surface area contributed by atoms with Crippen molar-refractivity contribution in [1.29, 1.82) is 0 Å². The minimum absolute atomic E-state index is 0.137. The van der Waals surface area contributed by atoms with Crippen LogP contribution in [0.25, 0.3) is 5.82 Å². The maximum Gasteiger partial charge on any atom is 0.310 e. The van der Waals surface area contributed by atoms with Crippen molar-refractivity contribution in [3.8, 4) is 5.82 Å². The first-order chi connectivity index (χ1) is 12.8. The van der Waals surface area contributed by atoms with Crippen molar-refractivity contribution in [1.82, 2.24) is 14.5 Å². The van der Waals surface area contributed by atoms with E-state index in [2.05, 4.69) is 15.3 Å². The van der Waals surface area contributed by atoms with Gasteiger partial charge in [0, 0.05) is 31.4 Å². The van der Waals surface area contributed by atoms with E-state index >= 15 is 0 Å². The number of nitro benzene ring substituents is 1. The molecule has 2 heterocycles. The summed E-state index contributed by atoms with van der Waals surface area (Å²) in [4.78, 5) is 18.9. The summed E-state index contributed by atoms with van der Waals surface area (Å²) in [6.07, 6.45) is 6.07. The fourth-order valence-corrected chi connectivity index (χ4v) is 3.50. The zero-order chi connectivity index (χ0) is 19.6. The number of rotatable bonds is 6. The van der Waals surface area contributed by atoms with Gasteiger partial charge in [-0.1, -0.05) is 12.1 Å². The third-order valence-corrected chi connectivity index (χ3v) is 5.07. The highest BCUT2D eigenvalue weighted by Gasteiger charge is 2.25. The maximum absolute atomic E-state index is 11.8. The summed E-state index contributed by atoms with van der Waals surface area (Å²) in [5.74, 6) is 1.51. The lowest BCUT2D eigenvalue weighted by Gasteiger charge is -2.10. The molecular formula is C17H17N5O4S. The molecule has 0 fully saturated rings. The van der Waals surface area contributed by atoms with Gasteiger partial charge < -0.3 is 5.32 Å². The van der Waals surface area contributed by atoms with Gasteiger partial charge in [-0.05, 0) is 30.7 Å². The molecular weight excluding hydrogens is 370 g/mol. The Labute approximate surface area is 155 Å². The number of aryl methyl sites for hydroxylation is 1. The van der Waals surface area contributed by atoms with E-state index in [-0.39, 0.29) is 17.1 Å². The van der Waals surface area contributed by atoms with Crippen LogP contribution in [-0.4, -0.2) is 34.1 Å². The van der Waals surface area contributed by atoms with E-state index in [0.717, 1.165) is 17.6 Å². The molecule has 3 aromatic rings. The van der Waals surface area contributed by atoms with Crippen molar-refractivity contribution >= 4 is 21.2 Å². The molecule has 0 spiro atoms. The lowest BCUT2D eigenvalue weighted by atomic mass is 10.2. The van der Waals surface area contributed by atoms with Crippen LogP contribution in [0.2, 0.25) is 0 Å². The molecule has 3 rings (SSSR count). The number of aromatic nitrogens is 3. The molecule has 10 heteroatoms. The lowest BCUT2D eigenvalue weighted by Crippen LogP contribution is -2.08. The van der Waals surface area contributed by atoms with E-state index in [1.54, 1.807) is 18.6 Å². The van der Waals surface area contributed by atoms with E-state index in [4.69, 9.17) is 0 Å². The SMILES string of the molecule is Cc1nccn1-c1ccc(CNc2cccc(S(C)(=O)=O)c2[N+](=O)[O-])cn1. The fraction of sp³-hybridized carbons (Fsp3) is 0.176. The average molecular weight is 387 g/mol. The molecule has 27 heavy (non-hydrogen) atoms. The van der Waals surface area contributed by atoms with Crippen molar-refractivity contribution in [2.45, 2.75) is 18.4 Å². The van der Waals surface area contributed by atoms with Gasteiger partial charge in [0.15, 0.2) is 9.84 Å². The van der Waals surface area contributed by atoms with Crippen LogP contribution in [0.5, 0.6) is 0 Å². The molecule has 0 saturated heterocycles. The van der Waals surface area contributed by atoms with Crippen LogP contribution in [0.3, 0.4) is 0 Å². The van der Waals surface area contributed by atoms with Crippen molar-refractivity contribution in [2.24, 2.45) is 0 Å². The number of nitrogens with zero attached hydrogens (tertiary/aromatic N) is 4. The Morgan fingerprint density at radius 1 is 1.22 bits per heavy atom. The first kappa shape index (κ1) is 18.5. The van der Waals surface area contributed by atoms with Gasteiger partial charge in [-0.3, -0.25) is 14.7 Å². The molecule has 1 N–H and O–H groups in total. The summed E-state index contributed by atoms with van der Waals surface area (Å²) in [6, 6.07) is 7.81. The van der Waals surface area contributed by atoms with Crippen LogP contribution in [0.1, 0.15) is 11.4 Å². The Kier molecular flexibility index (Phi) is 4.91. The maximum atomic E-state index is 11.8. The van der Waals surface area contributed by atoms with Crippen molar-refractivity contribution in [2.75, 3.05) is 11.6 Å². The van der Waals surface area contributed by atoms with Gasteiger partial charge in [0.1, 0.15) is 22.2 Å². The van der Waals surface area contributed by atoms with Crippen LogP contribution in [-0.2, 0) is 16.4 Å². The van der Waals surface area contributed by atoms with Gasteiger partial charge in [0.2, 0.25) is 0 Å². The number of benzene rings is 1. The predicted molar refractivity (Wildman–Crippen MR) is 99.6 cm³/mol. The largest absolute Gasteiger partial charge is 0.375 e. The first-order valence-corrected chi connectivity index (χ1v) is 9.83. The van der Waals surface area contributed by atoms with Gasteiger partial charge >= 0.3 is 5.69 Å². The zero-order valence-corrected chi connectivity index (χ0v) is 15.5.